The van der Waals surface area contributed by atoms with Crippen molar-refractivity contribution >= 4 is 35.8 Å². The van der Waals surface area contributed by atoms with Crippen molar-refractivity contribution in [1.82, 2.24) is 10.2 Å². The van der Waals surface area contributed by atoms with Gasteiger partial charge in [0.15, 0.2) is 0 Å². The number of halogens is 1. The Morgan fingerprint density at radius 2 is 1.78 bits per heavy atom. The monoisotopic (exact) mass is 385 g/mol. The molecule has 1 atom stereocenters. The topological polar surface area (TPSA) is 92.5 Å². The highest BCUT2D eigenvalue weighted by atomic mass is 35.5. The second-order valence-electron chi connectivity index (χ2n) is 6.71. The van der Waals surface area contributed by atoms with Crippen LogP contribution in [0.2, 0.25) is 0 Å². The Labute approximate surface area is 163 Å². The molecule has 0 bridgehead atoms. The van der Waals surface area contributed by atoms with Crippen molar-refractivity contribution in [3.05, 3.63) is 64.7 Å². The lowest BCUT2D eigenvalue weighted by Gasteiger charge is -2.27. The van der Waals surface area contributed by atoms with Gasteiger partial charge in [0.25, 0.3) is 11.8 Å². The second-order valence-corrected chi connectivity index (χ2v) is 6.71. The fourth-order valence-corrected chi connectivity index (χ4v) is 3.75. The maximum absolute atomic E-state index is 12.5. The third-order valence-electron chi connectivity index (χ3n) is 5.00. The highest BCUT2D eigenvalue weighted by Crippen LogP contribution is 2.31. The highest BCUT2D eigenvalue weighted by Gasteiger charge is 2.36. The van der Waals surface area contributed by atoms with Gasteiger partial charge in [0.1, 0.15) is 6.54 Å². The van der Waals surface area contributed by atoms with E-state index >= 15 is 0 Å². The first-order valence-corrected chi connectivity index (χ1v) is 8.67. The summed E-state index contributed by atoms with van der Waals surface area (Å²) in [6.07, 6.45) is 2.71. The zero-order valence-corrected chi connectivity index (χ0v) is 15.4. The minimum absolute atomic E-state index is 0. The highest BCUT2D eigenvalue weighted by molar-refractivity contribution is 6.22. The van der Waals surface area contributed by atoms with Crippen LogP contribution in [0.25, 0.3) is 0 Å². The molecule has 1 unspecified atom stereocenters. The van der Waals surface area contributed by atoms with E-state index in [-0.39, 0.29) is 30.9 Å². The number of carbonyl (C=O) groups is 3. The summed E-state index contributed by atoms with van der Waals surface area (Å²) < 4.78 is 0. The van der Waals surface area contributed by atoms with E-state index in [9.17, 15) is 14.4 Å². The predicted molar refractivity (Wildman–Crippen MR) is 104 cm³/mol. The maximum atomic E-state index is 12.5. The minimum atomic E-state index is -0.419. The molecule has 2 aromatic rings. The zero-order chi connectivity index (χ0) is 18.3. The molecule has 0 saturated heterocycles. The van der Waals surface area contributed by atoms with Crippen LogP contribution in [0.1, 0.15) is 50.7 Å². The molecule has 0 fully saturated rings. The lowest BCUT2D eigenvalue weighted by atomic mass is 9.87. The second kappa shape index (κ2) is 7.40. The normalized spacial score (nSPS) is 17.8. The van der Waals surface area contributed by atoms with Crippen molar-refractivity contribution in [2.45, 2.75) is 25.3 Å². The fourth-order valence-electron chi connectivity index (χ4n) is 3.75. The van der Waals surface area contributed by atoms with Crippen LogP contribution in [0.4, 0.5) is 5.69 Å². The van der Waals surface area contributed by atoms with Crippen molar-refractivity contribution in [3.8, 4) is 0 Å². The van der Waals surface area contributed by atoms with E-state index in [0.29, 0.717) is 16.8 Å². The summed E-state index contributed by atoms with van der Waals surface area (Å²) in [5.74, 6) is -1.18. The van der Waals surface area contributed by atoms with E-state index in [1.807, 2.05) is 18.2 Å². The zero-order valence-electron chi connectivity index (χ0n) is 14.6. The Hall–Kier alpha value is -2.86. The van der Waals surface area contributed by atoms with Gasteiger partial charge in [-0.25, -0.2) is 0 Å². The summed E-state index contributed by atoms with van der Waals surface area (Å²) >= 11 is 0. The van der Waals surface area contributed by atoms with Crippen molar-refractivity contribution in [2.24, 2.45) is 0 Å². The van der Waals surface area contributed by atoms with Gasteiger partial charge in [0.2, 0.25) is 5.91 Å². The van der Waals surface area contributed by atoms with Gasteiger partial charge >= 0.3 is 0 Å². The first-order chi connectivity index (χ1) is 12.5. The molecule has 0 spiro atoms. The Morgan fingerprint density at radius 1 is 1.11 bits per heavy atom. The van der Waals surface area contributed by atoms with E-state index < -0.39 is 11.8 Å². The minimum Gasteiger partial charge on any atom is -0.399 e. The standard InChI is InChI=1S/C20H19N3O3.ClH/c21-13-8-9-14-12(10-13)4-3-7-17(14)22-18(24)11-23-19(25)15-5-1-2-6-16(15)20(23)26;/h1-2,5-6,8-10,17H,3-4,7,11,21H2,(H,22,24);1H. The van der Waals surface area contributed by atoms with Crippen LogP contribution < -0.4 is 11.1 Å². The number of rotatable bonds is 3. The molecule has 140 valence electrons. The molecular weight excluding hydrogens is 366 g/mol. The third-order valence-corrected chi connectivity index (χ3v) is 5.00. The molecule has 27 heavy (non-hydrogen) atoms. The van der Waals surface area contributed by atoms with Crippen molar-refractivity contribution in [3.63, 3.8) is 0 Å². The summed E-state index contributed by atoms with van der Waals surface area (Å²) in [6, 6.07) is 12.2. The average Bonchev–Trinajstić information content (AvgIpc) is 2.87. The van der Waals surface area contributed by atoms with Crippen molar-refractivity contribution < 1.29 is 14.4 Å². The third kappa shape index (κ3) is 3.40. The number of hydrogen-bond acceptors (Lipinski definition) is 4. The first-order valence-electron chi connectivity index (χ1n) is 8.67. The predicted octanol–water partition coefficient (Wildman–Crippen LogP) is 2.48. The molecule has 1 aliphatic carbocycles. The molecule has 2 aliphatic rings. The number of nitrogens with zero attached hydrogens (tertiary/aromatic N) is 1. The van der Waals surface area contributed by atoms with Gasteiger partial charge < -0.3 is 11.1 Å². The van der Waals surface area contributed by atoms with E-state index in [2.05, 4.69) is 5.32 Å². The number of imide groups is 1. The van der Waals surface area contributed by atoms with Crippen LogP contribution in [-0.2, 0) is 11.2 Å². The number of amides is 3. The summed E-state index contributed by atoms with van der Waals surface area (Å²) in [6.45, 7) is -0.271. The van der Waals surface area contributed by atoms with Gasteiger partial charge in [-0.1, -0.05) is 18.2 Å². The Kier molecular flexibility index (Phi) is 5.19. The lowest BCUT2D eigenvalue weighted by Crippen LogP contribution is -2.42. The molecule has 3 amide bonds. The summed E-state index contributed by atoms with van der Waals surface area (Å²) in [5.41, 5.74) is 9.45. The number of nitrogen functional groups attached to an aromatic ring is 1. The molecule has 1 heterocycles. The van der Waals surface area contributed by atoms with Crippen LogP contribution >= 0.6 is 12.4 Å². The fraction of sp³-hybridized carbons (Fsp3) is 0.250. The van der Waals surface area contributed by atoms with Crippen LogP contribution in [0.3, 0.4) is 0 Å². The smallest absolute Gasteiger partial charge is 0.262 e. The molecule has 4 rings (SSSR count). The van der Waals surface area contributed by atoms with E-state index in [1.54, 1.807) is 24.3 Å². The lowest BCUT2D eigenvalue weighted by molar-refractivity contribution is -0.122. The average molecular weight is 386 g/mol. The molecule has 3 N–H and O–H groups in total. The van der Waals surface area contributed by atoms with E-state index in [4.69, 9.17) is 5.73 Å². The van der Waals surface area contributed by atoms with Gasteiger partial charge in [0.05, 0.1) is 17.2 Å². The van der Waals surface area contributed by atoms with Crippen molar-refractivity contribution in [1.29, 1.82) is 0 Å². The molecule has 0 radical (unpaired) electrons. The maximum Gasteiger partial charge on any atom is 0.262 e. The Bertz CT molecular complexity index is 893. The number of fused-ring (bicyclic) bond motifs is 2. The SMILES string of the molecule is Cl.Nc1ccc2c(c1)CCCC2NC(=O)CN1C(=O)c2ccccc2C1=O. The Balaban J connectivity index is 0.00000210. The summed E-state index contributed by atoms with van der Waals surface area (Å²) in [4.78, 5) is 38.3. The molecule has 2 aromatic carbocycles. The number of carbonyl (C=O) groups excluding carboxylic acids is 3. The molecule has 0 aromatic heterocycles. The number of aryl methyl sites for hydroxylation is 1. The van der Waals surface area contributed by atoms with Crippen LogP contribution in [0.5, 0.6) is 0 Å². The Morgan fingerprint density at radius 3 is 2.44 bits per heavy atom. The number of benzene rings is 2. The number of nitrogens with two attached hydrogens (primary N) is 1. The van der Waals surface area contributed by atoms with Gasteiger partial charge in [-0.15, -0.1) is 12.4 Å². The molecule has 0 saturated carbocycles. The van der Waals surface area contributed by atoms with Crippen molar-refractivity contribution in [2.75, 3.05) is 12.3 Å². The number of nitrogens with one attached hydrogen (secondary N) is 1. The van der Waals surface area contributed by atoms with Gasteiger partial charge in [-0.3, -0.25) is 19.3 Å². The summed E-state index contributed by atoms with van der Waals surface area (Å²) in [7, 11) is 0. The molecule has 6 nitrogen and oxygen atoms in total. The van der Waals surface area contributed by atoms with E-state index in [0.717, 1.165) is 35.3 Å². The molecule has 1 aliphatic heterocycles. The van der Waals surface area contributed by atoms with Crippen LogP contribution in [0.15, 0.2) is 42.5 Å². The van der Waals surface area contributed by atoms with E-state index in [1.165, 1.54) is 0 Å². The van der Waals surface area contributed by atoms with Gasteiger partial charge in [-0.05, 0) is 54.7 Å². The largest absolute Gasteiger partial charge is 0.399 e. The molecule has 7 heteroatoms. The number of hydrogen-bond donors (Lipinski definition) is 2. The first kappa shape index (κ1) is 18.9. The molecular formula is C20H20ClN3O3. The number of anilines is 1. The van der Waals surface area contributed by atoms with Crippen LogP contribution in [0, 0.1) is 0 Å². The van der Waals surface area contributed by atoms with Gasteiger partial charge in [0, 0.05) is 5.69 Å². The summed E-state index contributed by atoms with van der Waals surface area (Å²) in [5, 5.41) is 2.96. The van der Waals surface area contributed by atoms with Crippen LogP contribution in [-0.4, -0.2) is 29.2 Å². The quantitative estimate of drug-likeness (QED) is 0.627. The van der Waals surface area contributed by atoms with Gasteiger partial charge in [-0.2, -0.15) is 0 Å².